The molecule has 2 nitrogen and oxygen atoms in total. The predicted molar refractivity (Wildman–Crippen MR) is 124 cm³/mol. The zero-order valence-corrected chi connectivity index (χ0v) is 17.9. The van der Waals surface area contributed by atoms with Gasteiger partial charge in [-0.2, -0.15) is 0 Å². The van der Waals surface area contributed by atoms with Crippen molar-refractivity contribution in [2.24, 2.45) is 0 Å². The molecule has 1 aromatic heterocycles. The number of aryl methyl sites for hydroxylation is 2. The zero-order valence-electron chi connectivity index (χ0n) is 17.1. The molecular weight excluding hydrogens is 376 g/mol. The molecule has 3 heteroatoms. The first-order valence-electron chi connectivity index (χ1n) is 10.6. The van der Waals surface area contributed by atoms with Gasteiger partial charge < -0.3 is 4.98 Å². The number of nitrogens with one attached hydrogen (secondary N) is 1. The molecule has 0 radical (unpaired) electrons. The van der Waals surface area contributed by atoms with E-state index in [-0.39, 0.29) is 0 Å². The van der Waals surface area contributed by atoms with E-state index in [2.05, 4.69) is 72.3 Å². The number of piperidine rings is 1. The van der Waals surface area contributed by atoms with Crippen LogP contribution in [0.1, 0.15) is 41.1 Å². The third kappa shape index (κ3) is 3.45. The average Bonchev–Trinajstić information content (AvgIpc) is 3.04. The van der Waals surface area contributed by atoms with Crippen molar-refractivity contribution in [3.05, 3.63) is 82.0 Å². The summed E-state index contributed by atoms with van der Waals surface area (Å²) in [5.74, 6) is 0.604. The van der Waals surface area contributed by atoms with Crippen LogP contribution >= 0.6 is 11.6 Å². The minimum absolute atomic E-state index is 0.604. The third-order valence-corrected chi connectivity index (χ3v) is 6.82. The summed E-state index contributed by atoms with van der Waals surface area (Å²) in [4.78, 5) is 6.18. The highest BCUT2D eigenvalue weighted by atomic mass is 35.5. The summed E-state index contributed by atoms with van der Waals surface area (Å²) in [6, 6.07) is 19.5. The Morgan fingerprint density at radius 2 is 1.76 bits per heavy atom. The number of hydrogen-bond donors (Lipinski definition) is 1. The van der Waals surface area contributed by atoms with Gasteiger partial charge in [-0.05, 0) is 91.4 Å². The molecule has 0 bridgehead atoms. The Bertz CT molecular complexity index is 1180. The van der Waals surface area contributed by atoms with Gasteiger partial charge in [-0.3, -0.25) is 4.90 Å². The van der Waals surface area contributed by atoms with Crippen molar-refractivity contribution in [1.29, 1.82) is 0 Å². The maximum atomic E-state index is 6.29. The molecule has 1 fully saturated rings. The molecular formula is C26H27ClN2. The van der Waals surface area contributed by atoms with E-state index in [1.54, 1.807) is 0 Å². The second-order valence-corrected chi connectivity index (χ2v) is 8.93. The Balaban J connectivity index is 1.36. The van der Waals surface area contributed by atoms with Gasteiger partial charge in [0.2, 0.25) is 0 Å². The topological polar surface area (TPSA) is 19.0 Å². The van der Waals surface area contributed by atoms with E-state index < -0.39 is 0 Å². The highest BCUT2D eigenvalue weighted by Gasteiger charge is 2.25. The van der Waals surface area contributed by atoms with Gasteiger partial charge in [0.25, 0.3) is 0 Å². The van der Waals surface area contributed by atoms with Crippen molar-refractivity contribution in [3.8, 4) is 0 Å². The highest BCUT2D eigenvalue weighted by Crippen LogP contribution is 2.37. The summed E-state index contributed by atoms with van der Waals surface area (Å²) >= 11 is 6.29. The normalized spacial score (nSPS) is 16.1. The van der Waals surface area contributed by atoms with Crippen molar-refractivity contribution in [1.82, 2.24) is 9.88 Å². The summed E-state index contributed by atoms with van der Waals surface area (Å²) in [5, 5.41) is 4.91. The van der Waals surface area contributed by atoms with Crippen LogP contribution in [0.5, 0.6) is 0 Å². The van der Waals surface area contributed by atoms with Crippen LogP contribution in [0.2, 0.25) is 5.02 Å². The molecule has 1 aliphatic heterocycles. The Morgan fingerprint density at radius 3 is 2.55 bits per heavy atom. The van der Waals surface area contributed by atoms with Crippen molar-refractivity contribution < 1.29 is 0 Å². The Hall–Kier alpha value is -2.29. The van der Waals surface area contributed by atoms with Crippen molar-refractivity contribution >= 4 is 33.3 Å². The minimum atomic E-state index is 0.604. The summed E-state index contributed by atoms with van der Waals surface area (Å²) in [6.07, 6.45) is 2.40. The van der Waals surface area contributed by atoms with Crippen LogP contribution in [0.4, 0.5) is 0 Å². The van der Waals surface area contributed by atoms with Crippen molar-refractivity contribution in [3.63, 3.8) is 0 Å². The van der Waals surface area contributed by atoms with E-state index in [0.717, 1.165) is 24.7 Å². The molecule has 0 saturated carbocycles. The number of H-pyrrole nitrogens is 1. The lowest BCUT2D eigenvalue weighted by atomic mass is 9.87. The molecule has 0 unspecified atom stereocenters. The van der Waals surface area contributed by atoms with Gasteiger partial charge in [0, 0.05) is 28.2 Å². The van der Waals surface area contributed by atoms with Crippen molar-refractivity contribution in [2.75, 3.05) is 13.1 Å². The maximum Gasteiger partial charge on any atom is 0.0460 e. The number of rotatable bonds is 3. The predicted octanol–water partition coefficient (Wildman–Crippen LogP) is 6.97. The van der Waals surface area contributed by atoms with Crippen LogP contribution in [0.3, 0.4) is 0 Å². The fraction of sp³-hybridized carbons (Fsp3) is 0.308. The van der Waals surface area contributed by atoms with Gasteiger partial charge in [-0.1, -0.05) is 48.0 Å². The van der Waals surface area contributed by atoms with Gasteiger partial charge in [-0.15, -0.1) is 0 Å². The quantitative estimate of drug-likeness (QED) is 0.392. The molecule has 29 heavy (non-hydrogen) atoms. The number of hydrogen-bond acceptors (Lipinski definition) is 1. The zero-order chi connectivity index (χ0) is 20.0. The fourth-order valence-corrected chi connectivity index (χ4v) is 5.39. The van der Waals surface area contributed by atoms with Gasteiger partial charge >= 0.3 is 0 Å². The Morgan fingerprint density at radius 1 is 1.00 bits per heavy atom. The number of fused-ring (bicyclic) bond motifs is 2. The van der Waals surface area contributed by atoms with E-state index in [9.17, 15) is 0 Å². The van der Waals surface area contributed by atoms with Crippen LogP contribution in [0.15, 0.2) is 54.6 Å². The van der Waals surface area contributed by atoms with Crippen LogP contribution in [0.25, 0.3) is 21.7 Å². The molecule has 3 aromatic carbocycles. The molecule has 0 spiro atoms. The minimum Gasteiger partial charge on any atom is -0.358 e. The second kappa shape index (κ2) is 7.51. The van der Waals surface area contributed by atoms with Crippen LogP contribution in [-0.4, -0.2) is 23.0 Å². The lowest BCUT2D eigenvalue weighted by Gasteiger charge is -2.32. The first-order chi connectivity index (χ1) is 14.1. The van der Waals surface area contributed by atoms with Gasteiger partial charge in [-0.25, -0.2) is 0 Å². The monoisotopic (exact) mass is 402 g/mol. The molecule has 0 atom stereocenters. The van der Waals surface area contributed by atoms with Crippen LogP contribution in [-0.2, 0) is 6.54 Å². The molecule has 1 N–H and O–H groups in total. The number of likely N-dealkylation sites (tertiary alicyclic amines) is 1. The van der Waals surface area contributed by atoms with Gasteiger partial charge in [0.15, 0.2) is 0 Å². The molecule has 1 aliphatic rings. The molecule has 4 aromatic rings. The standard InChI is InChI=1S/C26H27ClN2/c1-17-5-3-6-19-7-4-8-21(25(17)19)16-29-13-11-20(12-14-29)26-18(2)28-24-10-9-22(27)15-23(24)26/h3-10,15,20,28H,11-14,16H2,1-2H3. The van der Waals surface area contributed by atoms with Gasteiger partial charge in [0.05, 0.1) is 0 Å². The number of nitrogens with zero attached hydrogens (tertiary/aromatic N) is 1. The Labute approximate surface area is 177 Å². The fourth-order valence-electron chi connectivity index (χ4n) is 5.22. The largest absolute Gasteiger partial charge is 0.358 e. The molecule has 2 heterocycles. The number of aromatic nitrogens is 1. The summed E-state index contributed by atoms with van der Waals surface area (Å²) in [7, 11) is 0. The third-order valence-electron chi connectivity index (χ3n) is 6.59. The van der Waals surface area contributed by atoms with Crippen LogP contribution < -0.4 is 0 Å². The number of halogens is 1. The molecule has 148 valence electrons. The Kier molecular flexibility index (Phi) is 4.85. The van der Waals surface area contributed by atoms with E-state index >= 15 is 0 Å². The van der Waals surface area contributed by atoms with Crippen molar-refractivity contribution in [2.45, 2.75) is 39.2 Å². The number of benzene rings is 3. The van der Waals surface area contributed by atoms with E-state index in [1.807, 2.05) is 6.07 Å². The van der Waals surface area contributed by atoms with E-state index in [0.29, 0.717) is 5.92 Å². The second-order valence-electron chi connectivity index (χ2n) is 8.49. The average molecular weight is 403 g/mol. The summed E-state index contributed by atoms with van der Waals surface area (Å²) in [5.41, 5.74) is 6.80. The van der Waals surface area contributed by atoms with E-state index in [1.165, 1.54) is 56.9 Å². The lowest BCUT2D eigenvalue weighted by molar-refractivity contribution is 0.205. The first-order valence-corrected chi connectivity index (χ1v) is 11.0. The van der Waals surface area contributed by atoms with Gasteiger partial charge in [0.1, 0.15) is 0 Å². The molecule has 0 aliphatic carbocycles. The summed E-state index contributed by atoms with van der Waals surface area (Å²) < 4.78 is 0. The first kappa shape index (κ1) is 18.7. The van der Waals surface area contributed by atoms with E-state index in [4.69, 9.17) is 11.6 Å². The number of aromatic amines is 1. The SMILES string of the molecule is Cc1[nH]c2ccc(Cl)cc2c1C1CCN(Cc2cccc3cccc(C)c23)CC1. The summed E-state index contributed by atoms with van der Waals surface area (Å²) in [6.45, 7) is 7.74. The molecule has 0 amide bonds. The highest BCUT2D eigenvalue weighted by molar-refractivity contribution is 6.31. The molecule has 5 rings (SSSR count). The lowest BCUT2D eigenvalue weighted by Crippen LogP contribution is -2.32. The maximum absolute atomic E-state index is 6.29. The molecule has 1 saturated heterocycles. The van der Waals surface area contributed by atoms with Crippen LogP contribution in [0, 0.1) is 13.8 Å². The smallest absolute Gasteiger partial charge is 0.0460 e.